The molecular formula is C31H26N2O6S. The van der Waals surface area contributed by atoms with Gasteiger partial charge in [-0.3, -0.25) is 19.7 Å². The molecule has 0 saturated carbocycles. The number of carbonyl (C=O) groups is 4. The minimum atomic E-state index is -1.74. The summed E-state index contributed by atoms with van der Waals surface area (Å²) in [7, 11) is 0. The van der Waals surface area contributed by atoms with Crippen LogP contribution >= 0.6 is 11.8 Å². The maximum atomic E-state index is 13.1. The van der Waals surface area contributed by atoms with Gasteiger partial charge in [0.05, 0.1) is 5.69 Å². The van der Waals surface area contributed by atoms with Crippen LogP contribution in [0.1, 0.15) is 39.4 Å². The van der Waals surface area contributed by atoms with Crippen LogP contribution < -0.4 is 5.32 Å². The van der Waals surface area contributed by atoms with Crippen LogP contribution in [0.15, 0.2) is 89.3 Å². The molecule has 0 spiro atoms. The van der Waals surface area contributed by atoms with Gasteiger partial charge >= 0.3 is 5.97 Å². The van der Waals surface area contributed by atoms with Gasteiger partial charge in [0, 0.05) is 30.4 Å². The quantitative estimate of drug-likeness (QED) is 0.156. The van der Waals surface area contributed by atoms with Crippen LogP contribution in [0.3, 0.4) is 0 Å². The number of rotatable bonds is 10. The summed E-state index contributed by atoms with van der Waals surface area (Å²) in [6.45, 7) is 1.81. The zero-order valence-corrected chi connectivity index (χ0v) is 22.5. The van der Waals surface area contributed by atoms with Gasteiger partial charge in [-0.15, -0.1) is 0 Å². The highest BCUT2D eigenvalue weighted by atomic mass is 32.2. The lowest BCUT2D eigenvalue weighted by Crippen LogP contribution is -2.46. The Bertz CT molecular complexity index is 1550. The van der Waals surface area contributed by atoms with E-state index >= 15 is 0 Å². The second-order valence-electron chi connectivity index (χ2n) is 9.42. The zero-order chi connectivity index (χ0) is 28.1. The highest BCUT2D eigenvalue weighted by Gasteiger charge is 2.55. The van der Waals surface area contributed by atoms with Crippen molar-refractivity contribution in [1.29, 1.82) is 0 Å². The molecule has 1 aliphatic rings. The van der Waals surface area contributed by atoms with Crippen LogP contribution in [0.5, 0.6) is 0 Å². The number of benzene rings is 3. The third-order valence-corrected chi connectivity index (χ3v) is 7.76. The Morgan fingerprint density at radius 1 is 0.925 bits per heavy atom. The summed E-state index contributed by atoms with van der Waals surface area (Å²) in [5.74, 6) is -0.376. The first kappa shape index (κ1) is 27.1. The number of aryl methyl sites for hydroxylation is 2. The van der Waals surface area contributed by atoms with Crippen molar-refractivity contribution in [3.05, 3.63) is 113 Å². The fraction of sp³-hybridized carbons (Fsp3) is 0.194. The Labute approximate surface area is 235 Å². The number of ether oxygens (including phenoxy) is 1. The molecule has 1 aliphatic heterocycles. The molecule has 1 N–H and O–H groups in total. The summed E-state index contributed by atoms with van der Waals surface area (Å²) >= 11 is 0.620. The van der Waals surface area contributed by atoms with Crippen LogP contribution in [0.25, 0.3) is 11.5 Å². The lowest BCUT2D eigenvalue weighted by atomic mass is 9.95. The van der Waals surface area contributed by atoms with E-state index in [0.717, 1.165) is 16.8 Å². The predicted octanol–water partition coefficient (Wildman–Crippen LogP) is 5.47. The molecule has 1 atom stereocenters. The van der Waals surface area contributed by atoms with E-state index in [4.69, 9.17) is 9.15 Å². The molecule has 0 aliphatic carbocycles. The fourth-order valence-electron chi connectivity index (χ4n) is 4.42. The Hall–Kier alpha value is -4.50. The average molecular weight is 555 g/mol. The highest BCUT2D eigenvalue weighted by molar-refractivity contribution is 8.16. The molecule has 2 heterocycles. The normalized spacial score (nSPS) is 16.5. The van der Waals surface area contributed by atoms with Crippen LogP contribution in [0.2, 0.25) is 0 Å². The summed E-state index contributed by atoms with van der Waals surface area (Å²) in [5.41, 5.74) is 3.48. The molecule has 1 saturated heterocycles. The third-order valence-electron chi connectivity index (χ3n) is 6.62. The number of imide groups is 1. The summed E-state index contributed by atoms with van der Waals surface area (Å²) in [6, 6.07) is 25.3. The van der Waals surface area contributed by atoms with Crippen molar-refractivity contribution in [3.63, 3.8) is 0 Å². The Morgan fingerprint density at radius 2 is 1.60 bits per heavy atom. The molecular weight excluding hydrogens is 528 g/mol. The summed E-state index contributed by atoms with van der Waals surface area (Å²) in [6.07, 6.45) is 0.610. The van der Waals surface area contributed by atoms with E-state index in [-0.39, 0.29) is 25.2 Å². The Balaban J connectivity index is 1.24. The second kappa shape index (κ2) is 11.7. The van der Waals surface area contributed by atoms with Gasteiger partial charge in [0.15, 0.2) is 5.78 Å². The molecule has 2 amide bonds. The molecule has 5 rings (SSSR count). The molecule has 40 heavy (non-hydrogen) atoms. The summed E-state index contributed by atoms with van der Waals surface area (Å²) in [4.78, 5) is 55.4. The number of Topliss-reactive ketones (excluding diaryl/α,β-unsaturated/α-hetero) is 1. The van der Waals surface area contributed by atoms with E-state index in [1.807, 2.05) is 55.5 Å². The molecule has 1 aromatic heterocycles. The van der Waals surface area contributed by atoms with Crippen LogP contribution in [-0.2, 0) is 33.8 Å². The number of oxazole rings is 1. The van der Waals surface area contributed by atoms with Crippen LogP contribution in [-0.4, -0.2) is 32.6 Å². The first-order chi connectivity index (χ1) is 19.3. The van der Waals surface area contributed by atoms with Crippen molar-refractivity contribution < 1.29 is 28.3 Å². The second-order valence-corrected chi connectivity index (χ2v) is 10.7. The number of thioether (sulfide) groups is 1. The van der Waals surface area contributed by atoms with Gasteiger partial charge in [-0.1, -0.05) is 72.8 Å². The number of nitrogens with one attached hydrogen (secondary N) is 1. The van der Waals surface area contributed by atoms with Crippen molar-refractivity contribution in [1.82, 2.24) is 10.3 Å². The number of carbonyl (C=O) groups excluding carboxylic acids is 4. The van der Waals surface area contributed by atoms with Gasteiger partial charge in [0.25, 0.3) is 11.1 Å². The van der Waals surface area contributed by atoms with Gasteiger partial charge in [0.2, 0.25) is 10.6 Å². The first-order valence-corrected chi connectivity index (χ1v) is 13.6. The maximum Gasteiger partial charge on any atom is 0.333 e. The number of hydrogen-bond acceptors (Lipinski definition) is 8. The number of ketones is 1. The van der Waals surface area contributed by atoms with Gasteiger partial charge in [-0.25, -0.2) is 9.78 Å². The van der Waals surface area contributed by atoms with E-state index < -0.39 is 21.9 Å². The molecule has 3 aromatic carbocycles. The number of aromatic nitrogens is 1. The number of esters is 1. The smallest absolute Gasteiger partial charge is 0.333 e. The van der Waals surface area contributed by atoms with Crippen molar-refractivity contribution >= 4 is 34.7 Å². The van der Waals surface area contributed by atoms with Gasteiger partial charge in [0.1, 0.15) is 12.4 Å². The van der Waals surface area contributed by atoms with Gasteiger partial charge < -0.3 is 9.15 Å². The molecule has 1 fully saturated rings. The van der Waals surface area contributed by atoms with E-state index in [0.29, 0.717) is 41.0 Å². The molecule has 9 heteroatoms. The van der Waals surface area contributed by atoms with Gasteiger partial charge in [-0.05, 0) is 41.9 Å². The monoisotopic (exact) mass is 554 g/mol. The number of hydrogen-bond donors (Lipinski definition) is 1. The van der Waals surface area contributed by atoms with E-state index in [2.05, 4.69) is 10.3 Å². The number of amides is 2. The largest absolute Gasteiger partial charge is 0.459 e. The van der Waals surface area contributed by atoms with Crippen molar-refractivity contribution in [2.45, 2.75) is 37.5 Å². The summed E-state index contributed by atoms with van der Waals surface area (Å²) in [5, 5.41) is 1.60. The lowest BCUT2D eigenvalue weighted by Gasteiger charge is -2.22. The Morgan fingerprint density at radius 3 is 2.25 bits per heavy atom. The minimum absolute atomic E-state index is 0.0191. The first-order valence-electron chi connectivity index (χ1n) is 12.7. The van der Waals surface area contributed by atoms with Crippen molar-refractivity contribution in [2.24, 2.45) is 0 Å². The topological polar surface area (TPSA) is 116 Å². The molecule has 202 valence electrons. The average Bonchev–Trinajstić information content (AvgIpc) is 3.49. The van der Waals surface area contributed by atoms with E-state index in [1.54, 1.807) is 36.4 Å². The minimum Gasteiger partial charge on any atom is -0.459 e. The predicted molar refractivity (Wildman–Crippen MR) is 150 cm³/mol. The molecule has 0 unspecified atom stereocenters. The molecule has 8 nitrogen and oxygen atoms in total. The van der Waals surface area contributed by atoms with Crippen molar-refractivity contribution in [3.8, 4) is 11.5 Å². The number of nitrogens with zero attached hydrogens (tertiary/aromatic N) is 1. The maximum absolute atomic E-state index is 13.1. The Kier molecular flexibility index (Phi) is 7.93. The van der Waals surface area contributed by atoms with E-state index in [9.17, 15) is 19.2 Å². The SMILES string of the molecule is Cc1oc(-c2ccccc2)nc1CCC(=O)c1ccc(C[C@]2(C(=O)OCc3ccccc3)SC(=O)NC2=O)cc1. The van der Waals surface area contributed by atoms with Crippen molar-refractivity contribution in [2.75, 3.05) is 0 Å². The van der Waals surface area contributed by atoms with Gasteiger partial charge in [-0.2, -0.15) is 0 Å². The zero-order valence-electron chi connectivity index (χ0n) is 21.7. The van der Waals surface area contributed by atoms with Crippen LogP contribution in [0, 0.1) is 6.92 Å². The third kappa shape index (κ3) is 5.89. The molecule has 0 bridgehead atoms. The standard InChI is InChI=1S/C31H26N2O6S/c1-20-25(32-27(39-20)24-10-6-3-7-11-24)16-17-26(34)23-14-12-21(13-15-23)18-31(28(35)33-30(37)40-31)29(36)38-19-22-8-4-2-5-9-22/h2-15H,16-19H2,1H3,(H,33,35,37)/t31-/m0/s1. The highest BCUT2D eigenvalue weighted by Crippen LogP contribution is 2.37. The van der Waals surface area contributed by atoms with E-state index in [1.165, 1.54) is 0 Å². The summed E-state index contributed by atoms with van der Waals surface area (Å²) < 4.78 is 9.49. The lowest BCUT2D eigenvalue weighted by molar-refractivity contribution is -0.150. The van der Waals surface area contributed by atoms with Crippen LogP contribution in [0.4, 0.5) is 4.79 Å². The molecule has 4 aromatic rings. The fourth-order valence-corrected chi connectivity index (χ4v) is 5.41. The molecule has 0 radical (unpaired) electrons.